The zero-order chi connectivity index (χ0) is 6.10. The van der Waals surface area contributed by atoms with Crippen LogP contribution in [0.2, 0.25) is 0 Å². The van der Waals surface area contributed by atoms with Crippen LogP contribution >= 0.6 is 0 Å². The first-order valence-corrected chi connectivity index (χ1v) is 4.18. The van der Waals surface area contributed by atoms with Crippen LogP contribution in [0.1, 0.15) is 32.1 Å². The monoisotopic (exact) mass is 125 g/mol. The van der Waals surface area contributed by atoms with Gasteiger partial charge in [0.25, 0.3) is 0 Å². The fraction of sp³-hybridized carbons (Fsp3) is 1.00. The summed E-state index contributed by atoms with van der Waals surface area (Å²) < 4.78 is 0. The first-order chi connectivity index (χ1) is 4.45. The summed E-state index contributed by atoms with van der Waals surface area (Å²) in [6.45, 7) is 1.28. The molecule has 52 valence electrons. The van der Waals surface area contributed by atoms with Gasteiger partial charge in [0.05, 0.1) is 0 Å². The Morgan fingerprint density at radius 1 is 1.22 bits per heavy atom. The van der Waals surface area contributed by atoms with Gasteiger partial charge in [-0.15, -0.1) is 0 Å². The van der Waals surface area contributed by atoms with Crippen molar-refractivity contribution in [3.8, 4) is 0 Å². The van der Waals surface area contributed by atoms with E-state index < -0.39 is 0 Å². The highest BCUT2D eigenvalue weighted by Crippen LogP contribution is 2.31. The van der Waals surface area contributed by atoms with Gasteiger partial charge in [0.15, 0.2) is 0 Å². The molecule has 1 atom stereocenters. The first kappa shape index (κ1) is 5.72. The largest absolute Gasteiger partial charge is 0.314 e. The van der Waals surface area contributed by atoms with Crippen molar-refractivity contribution < 1.29 is 0 Å². The molecular weight excluding hydrogens is 110 g/mol. The maximum atomic E-state index is 3.44. The van der Waals surface area contributed by atoms with Gasteiger partial charge in [-0.05, 0) is 25.3 Å². The SMILES string of the molecule is C1CC(CC2CCN2)C1. The van der Waals surface area contributed by atoms with Crippen molar-refractivity contribution in [2.45, 2.75) is 38.1 Å². The molecule has 2 rings (SSSR count). The van der Waals surface area contributed by atoms with Crippen molar-refractivity contribution in [3.05, 3.63) is 0 Å². The van der Waals surface area contributed by atoms with E-state index in [1.165, 1.54) is 38.6 Å². The molecule has 2 aliphatic rings. The summed E-state index contributed by atoms with van der Waals surface area (Å²) in [5.74, 6) is 1.10. The highest BCUT2D eigenvalue weighted by molar-refractivity contribution is 4.82. The zero-order valence-corrected chi connectivity index (χ0v) is 5.90. The molecule has 9 heavy (non-hydrogen) atoms. The van der Waals surface area contributed by atoms with Crippen molar-refractivity contribution in [2.75, 3.05) is 6.54 Å². The van der Waals surface area contributed by atoms with Crippen LogP contribution in [0.5, 0.6) is 0 Å². The molecule has 0 spiro atoms. The standard InChI is InChI=1S/C8H15N/c1-2-7(3-1)6-8-4-5-9-8/h7-9H,1-6H2. The Kier molecular flexibility index (Phi) is 1.46. The van der Waals surface area contributed by atoms with Crippen molar-refractivity contribution in [2.24, 2.45) is 5.92 Å². The van der Waals surface area contributed by atoms with Crippen LogP contribution < -0.4 is 5.32 Å². The molecule has 0 aromatic rings. The Labute approximate surface area is 56.8 Å². The molecule has 0 aromatic carbocycles. The maximum Gasteiger partial charge on any atom is 0.00817 e. The predicted octanol–water partition coefficient (Wildman–Crippen LogP) is 1.54. The fourth-order valence-corrected chi connectivity index (χ4v) is 1.68. The summed E-state index contributed by atoms with van der Waals surface area (Å²) in [6, 6.07) is 0.912. The number of nitrogens with one attached hydrogen (secondary N) is 1. The third-order valence-corrected chi connectivity index (χ3v) is 2.77. The van der Waals surface area contributed by atoms with Crippen LogP contribution in [-0.4, -0.2) is 12.6 Å². The molecule has 1 heteroatoms. The van der Waals surface area contributed by atoms with Gasteiger partial charge in [-0.2, -0.15) is 0 Å². The third-order valence-electron chi connectivity index (χ3n) is 2.77. The average molecular weight is 125 g/mol. The minimum Gasteiger partial charge on any atom is -0.314 e. The lowest BCUT2D eigenvalue weighted by molar-refractivity contribution is 0.223. The second-order valence-electron chi connectivity index (χ2n) is 3.47. The highest BCUT2D eigenvalue weighted by Gasteiger charge is 2.24. The molecule has 1 N–H and O–H groups in total. The molecule has 1 heterocycles. The first-order valence-electron chi connectivity index (χ1n) is 4.18. The molecule has 1 saturated heterocycles. The van der Waals surface area contributed by atoms with Crippen molar-refractivity contribution >= 4 is 0 Å². The van der Waals surface area contributed by atoms with Gasteiger partial charge in [-0.3, -0.25) is 0 Å². The Bertz CT molecular complexity index is 80.7. The average Bonchev–Trinajstić information content (AvgIpc) is 1.57. The van der Waals surface area contributed by atoms with E-state index in [2.05, 4.69) is 5.32 Å². The molecule has 2 fully saturated rings. The lowest BCUT2D eigenvalue weighted by atomic mass is 9.79. The Morgan fingerprint density at radius 2 is 2.00 bits per heavy atom. The van der Waals surface area contributed by atoms with Crippen LogP contribution in [0.3, 0.4) is 0 Å². The lowest BCUT2D eigenvalue weighted by Gasteiger charge is -2.34. The number of hydrogen-bond donors (Lipinski definition) is 1. The van der Waals surface area contributed by atoms with E-state index in [4.69, 9.17) is 0 Å². The minimum absolute atomic E-state index is 0.912. The molecule has 0 amide bonds. The number of hydrogen-bond acceptors (Lipinski definition) is 1. The van der Waals surface area contributed by atoms with E-state index in [0.717, 1.165) is 12.0 Å². The molecule has 0 bridgehead atoms. The molecular formula is C8H15N. The lowest BCUT2D eigenvalue weighted by Crippen LogP contribution is -2.44. The van der Waals surface area contributed by atoms with E-state index in [1.54, 1.807) is 0 Å². The number of rotatable bonds is 2. The van der Waals surface area contributed by atoms with Crippen molar-refractivity contribution in [1.29, 1.82) is 0 Å². The van der Waals surface area contributed by atoms with Gasteiger partial charge in [-0.1, -0.05) is 19.3 Å². The normalized spacial score (nSPS) is 35.3. The second kappa shape index (κ2) is 2.30. The van der Waals surface area contributed by atoms with Crippen LogP contribution in [0.25, 0.3) is 0 Å². The topological polar surface area (TPSA) is 12.0 Å². The van der Waals surface area contributed by atoms with Gasteiger partial charge in [0.2, 0.25) is 0 Å². The maximum absolute atomic E-state index is 3.44. The smallest absolute Gasteiger partial charge is 0.00817 e. The van der Waals surface area contributed by atoms with Crippen LogP contribution in [-0.2, 0) is 0 Å². The Hall–Kier alpha value is -0.0400. The molecule has 1 saturated carbocycles. The summed E-state index contributed by atoms with van der Waals surface area (Å²) in [5, 5.41) is 3.44. The summed E-state index contributed by atoms with van der Waals surface area (Å²) >= 11 is 0. The van der Waals surface area contributed by atoms with E-state index >= 15 is 0 Å². The summed E-state index contributed by atoms with van der Waals surface area (Å²) in [6.07, 6.45) is 7.43. The Balaban J connectivity index is 1.64. The Morgan fingerprint density at radius 3 is 2.33 bits per heavy atom. The molecule has 0 aromatic heterocycles. The quantitative estimate of drug-likeness (QED) is 0.590. The van der Waals surface area contributed by atoms with Gasteiger partial charge in [-0.25, -0.2) is 0 Å². The summed E-state index contributed by atoms with van der Waals surface area (Å²) in [4.78, 5) is 0. The van der Waals surface area contributed by atoms with Crippen molar-refractivity contribution in [1.82, 2.24) is 5.32 Å². The molecule has 1 aliphatic carbocycles. The van der Waals surface area contributed by atoms with Gasteiger partial charge >= 0.3 is 0 Å². The van der Waals surface area contributed by atoms with Crippen LogP contribution in [0, 0.1) is 5.92 Å². The van der Waals surface area contributed by atoms with Gasteiger partial charge in [0, 0.05) is 6.04 Å². The minimum atomic E-state index is 0.912. The van der Waals surface area contributed by atoms with E-state index in [9.17, 15) is 0 Å². The molecule has 1 aliphatic heterocycles. The van der Waals surface area contributed by atoms with Gasteiger partial charge < -0.3 is 5.32 Å². The molecule has 0 radical (unpaired) electrons. The van der Waals surface area contributed by atoms with E-state index in [0.29, 0.717) is 0 Å². The zero-order valence-electron chi connectivity index (χ0n) is 5.90. The molecule has 1 unspecified atom stereocenters. The van der Waals surface area contributed by atoms with E-state index in [-0.39, 0.29) is 0 Å². The van der Waals surface area contributed by atoms with E-state index in [1.807, 2.05) is 0 Å². The summed E-state index contributed by atoms with van der Waals surface area (Å²) in [5.41, 5.74) is 0. The van der Waals surface area contributed by atoms with Crippen LogP contribution in [0.4, 0.5) is 0 Å². The molecule has 1 nitrogen and oxygen atoms in total. The second-order valence-corrected chi connectivity index (χ2v) is 3.47. The summed E-state index contributed by atoms with van der Waals surface area (Å²) in [7, 11) is 0. The van der Waals surface area contributed by atoms with Gasteiger partial charge in [0.1, 0.15) is 0 Å². The fourth-order valence-electron chi connectivity index (χ4n) is 1.68. The predicted molar refractivity (Wildman–Crippen MR) is 38.4 cm³/mol. The highest BCUT2D eigenvalue weighted by atomic mass is 15.0. The van der Waals surface area contributed by atoms with Crippen LogP contribution in [0.15, 0.2) is 0 Å². The van der Waals surface area contributed by atoms with Crippen molar-refractivity contribution in [3.63, 3.8) is 0 Å². The third kappa shape index (κ3) is 1.11.